The fourth-order valence-electron chi connectivity index (χ4n) is 1.25. The quantitative estimate of drug-likeness (QED) is 0.463. The number of ketones is 1. The van der Waals surface area contributed by atoms with Crippen LogP contribution in [0, 0.1) is 6.92 Å². The molecule has 0 spiro atoms. The summed E-state index contributed by atoms with van der Waals surface area (Å²) < 4.78 is 5.09. The molecule has 0 radical (unpaired) electrons. The molecule has 0 fully saturated rings. The van der Waals surface area contributed by atoms with E-state index >= 15 is 0 Å². The van der Waals surface area contributed by atoms with Gasteiger partial charge in [0, 0.05) is 0 Å². The summed E-state index contributed by atoms with van der Waals surface area (Å²) in [7, 11) is 0. The Morgan fingerprint density at radius 2 is 2.00 bits per heavy atom. The molecule has 0 bridgehead atoms. The van der Waals surface area contributed by atoms with Gasteiger partial charge in [0.05, 0.1) is 4.88 Å². The fourth-order valence-corrected chi connectivity index (χ4v) is 2.11. The van der Waals surface area contributed by atoms with Gasteiger partial charge in [0.2, 0.25) is 0 Å². The summed E-state index contributed by atoms with van der Waals surface area (Å²) in [4.78, 5) is 23.8. The van der Waals surface area contributed by atoms with E-state index in [-0.39, 0.29) is 12.2 Å². The van der Waals surface area contributed by atoms with Crippen molar-refractivity contribution in [2.24, 2.45) is 0 Å². The number of carbonyl (C=O) groups excluding carboxylic acids is 2. The number of esters is 1. The highest BCUT2D eigenvalue weighted by molar-refractivity contribution is 7.12. The molecule has 3 nitrogen and oxygen atoms in total. The van der Waals surface area contributed by atoms with Crippen LogP contribution >= 0.6 is 11.3 Å². The molecule has 0 unspecified atom stereocenters. The molecular weight excluding hydrogens is 224 g/mol. The highest BCUT2D eigenvalue weighted by Crippen LogP contribution is 2.18. The van der Waals surface area contributed by atoms with Gasteiger partial charge in [-0.05, 0) is 44.7 Å². The maximum absolute atomic E-state index is 11.7. The first-order chi connectivity index (χ1) is 7.29. The van der Waals surface area contributed by atoms with Gasteiger partial charge >= 0.3 is 5.97 Å². The Hall–Kier alpha value is -1.16. The summed E-state index contributed by atoms with van der Waals surface area (Å²) in [6.07, 6.45) is -0.182. The minimum absolute atomic E-state index is 0.165. The Kier molecular flexibility index (Phi) is 3.86. The lowest BCUT2D eigenvalue weighted by molar-refractivity contribution is -0.153. The standard InChI is InChI=1S/C12H16O3S/c1-8-5-6-16-11(8)9(13)7-10(14)15-12(2,3)4/h5-6H,7H2,1-4H3. The Morgan fingerprint density at radius 1 is 1.38 bits per heavy atom. The van der Waals surface area contributed by atoms with E-state index in [1.165, 1.54) is 11.3 Å². The van der Waals surface area contributed by atoms with E-state index in [1.807, 2.05) is 18.4 Å². The van der Waals surface area contributed by atoms with Crippen molar-refractivity contribution < 1.29 is 14.3 Å². The van der Waals surface area contributed by atoms with Crippen molar-refractivity contribution in [3.63, 3.8) is 0 Å². The summed E-state index contributed by atoms with van der Waals surface area (Å²) in [5.41, 5.74) is 0.376. The number of hydrogen-bond donors (Lipinski definition) is 0. The van der Waals surface area contributed by atoms with Crippen LogP contribution < -0.4 is 0 Å². The normalized spacial score (nSPS) is 11.2. The minimum atomic E-state index is -0.540. The van der Waals surface area contributed by atoms with Crippen LogP contribution in [0.15, 0.2) is 11.4 Å². The molecule has 1 heterocycles. The van der Waals surface area contributed by atoms with Gasteiger partial charge in [0.25, 0.3) is 0 Å². The lowest BCUT2D eigenvalue weighted by Crippen LogP contribution is -2.25. The van der Waals surface area contributed by atoms with Crippen LogP contribution in [0.25, 0.3) is 0 Å². The first-order valence-electron chi connectivity index (χ1n) is 5.09. The predicted molar refractivity (Wildman–Crippen MR) is 63.8 cm³/mol. The zero-order chi connectivity index (χ0) is 12.3. The van der Waals surface area contributed by atoms with Crippen molar-refractivity contribution in [3.05, 3.63) is 21.9 Å². The molecule has 0 saturated heterocycles. The van der Waals surface area contributed by atoms with Crippen molar-refractivity contribution in [1.82, 2.24) is 0 Å². The molecule has 4 heteroatoms. The number of hydrogen-bond acceptors (Lipinski definition) is 4. The lowest BCUT2D eigenvalue weighted by atomic mass is 10.1. The Bertz CT molecular complexity index is 399. The Balaban J connectivity index is 2.60. The average molecular weight is 240 g/mol. The molecule has 1 rings (SSSR count). The summed E-state index contributed by atoms with van der Waals surface area (Å²) in [5.74, 6) is -0.632. The number of ether oxygens (including phenoxy) is 1. The van der Waals surface area contributed by atoms with Crippen LogP contribution in [-0.4, -0.2) is 17.4 Å². The fraction of sp³-hybridized carbons (Fsp3) is 0.500. The van der Waals surface area contributed by atoms with Gasteiger partial charge < -0.3 is 4.74 Å². The van der Waals surface area contributed by atoms with E-state index in [0.717, 1.165) is 5.56 Å². The van der Waals surface area contributed by atoms with Gasteiger partial charge in [-0.1, -0.05) is 0 Å². The molecule has 0 atom stereocenters. The zero-order valence-electron chi connectivity index (χ0n) is 9.99. The zero-order valence-corrected chi connectivity index (χ0v) is 10.8. The second-order valence-electron chi connectivity index (χ2n) is 4.62. The number of carbonyl (C=O) groups is 2. The monoisotopic (exact) mass is 240 g/mol. The molecular formula is C12H16O3S. The maximum Gasteiger partial charge on any atom is 0.314 e. The summed E-state index contributed by atoms with van der Waals surface area (Å²) in [6, 6.07) is 1.87. The van der Waals surface area contributed by atoms with E-state index in [1.54, 1.807) is 20.8 Å². The van der Waals surface area contributed by atoms with E-state index in [9.17, 15) is 9.59 Å². The largest absolute Gasteiger partial charge is 0.460 e. The highest BCUT2D eigenvalue weighted by atomic mass is 32.1. The molecule has 16 heavy (non-hydrogen) atoms. The molecule has 0 aliphatic rings. The van der Waals surface area contributed by atoms with Crippen molar-refractivity contribution >= 4 is 23.1 Å². The van der Waals surface area contributed by atoms with Gasteiger partial charge in [-0.3, -0.25) is 9.59 Å². The van der Waals surface area contributed by atoms with Gasteiger partial charge in [-0.15, -0.1) is 11.3 Å². The van der Waals surface area contributed by atoms with Crippen LogP contribution in [0.1, 0.15) is 42.4 Å². The van der Waals surface area contributed by atoms with Crippen molar-refractivity contribution in [1.29, 1.82) is 0 Å². The van der Waals surface area contributed by atoms with E-state index in [2.05, 4.69) is 0 Å². The smallest absolute Gasteiger partial charge is 0.314 e. The van der Waals surface area contributed by atoms with E-state index in [0.29, 0.717) is 4.88 Å². The van der Waals surface area contributed by atoms with Crippen LogP contribution in [0.2, 0.25) is 0 Å². The molecule has 1 aromatic heterocycles. The lowest BCUT2D eigenvalue weighted by Gasteiger charge is -2.19. The molecule has 0 N–H and O–H groups in total. The maximum atomic E-state index is 11.7. The second-order valence-corrected chi connectivity index (χ2v) is 5.54. The Morgan fingerprint density at radius 3 is 2.44 bits per heavy atom. The average Bonchev–Trinajstić information content (AvgIpc) is 2.47. The molecule has 1 aromatic rings. The van der Waals surface area contributed by atoms with Crippen molar-refractivity contribution in [2.75, 3.05) is 0 Å². The number of thiophene rings is 1. The topological polar surface area (TPSA) is 43.4 Å². The van der Waals surface area contributed by atoms with E-state index in [4.69, 9.17) is 4.74 Å². The van der Waals surface area contributed by atoms with Crippen molar-refractivity contribution in [3.8, 4) is 0 Å². The Labute approximate surface area is 99.4 Å². The van der Waals surface area contributed by atoms with Crippen LogP contribution in [0.4, 0.5) is 0 Å². The molecule has 0 aliphatic carbocycles. The van der Waals surface area contributed by atoms with Gasteiger partial charge in [-0.2, -0.15) is 0 Å². The summed E-state index contributed by atoms with van der Waals surface area (Å²) in [6.45, 7) is 7.21. The molecule has 0 aromatic carbocycles. The van der Waals surface area contributed by atoms with Crippen molar-refractivity contribution in [2.45, 2.75) is 39.7 Å². The molecule has 0 aliphatic heterocycles. The van der Waals surface area contributed by atoms with Crippen LogP contribution in [-0.2, 0) is 9.53 Å². The van der Waals surface area contributed by atoms with Gasteiger partial charge in [0.1, 0.15) is 12.0 Å². The first kappa shape index (κ1) is 12.9. The summed E-state index contributed by atoms with van der Waals surface area (Å²) >= 11 is 1.36. The third kappa shape index (κ3) is 3.77. The van der Waals surface area contributed by atoms with E-state index < -0.39 is 11.6 Å². The number of aryl methyl sites for hydroxylation is 1. The second kappa shape index (κ2) is 4.78. The highest BCUT2D eigenvalue weighted by Gasteiger charge is 2.20. The predicted octanol–water partition coefficient (Wildman–Crippen LogP) is 2.97. The minimum Gasteiger partial charge on any atom is -0.460 e. The summed E-state index contributed by atoms with van der Waals surface area (Å²) in [5, 5.41) is 1.84. The number of Topliss-reactive ketones (excluding diaryl/α,β-unsaturated/α-hetero) is 1. The first-order valence-corrected chi connectivity index (χ1v) is 5.97. The molecule has 0 saturated carbocycles. The SMILES string of the molecule is Cc1ccsc1C(=O)CC(=O)OC(C)(C)C. The van der Waals surface area contributed by atoms with Gasteiger partial charge in [0.15, 0.2) is 5.78 Å². The third-order valence-corrected chi connectivity index (χ3v) is 2.90. The molecule has 0 amide bonds. The molecule has 88 valence electrons. The third-order valence-electron chi connectivity index (χ3n) is 1.84. The van der Waals surface area contributed by atoms with Crippen LogP contribution in [0.3, 0.4) is 0 Å². The van der Waals surface area contributed by atoms with Crippen LogP contribution in [0.5, 0.6) is 0 Å². The van der Waals surface area contributed by atoms with Gasteiger partial charge in [-0.25, -0.2) is 0 Å². The number of rotatable bonds is 3.